The van der Waals surface area contributed by atoms with Crippen molar-refractivity contribution in [1.82, 2.24) is 0 Å². The van der Waals surface area contributed by atoms with E-state index in [0.717, 1.165) is 0 Å². The lowest BCUT2D eigenvalue weighted by atomic mass is 10.2. The van der Waals surface area contributed by atoms with Crippen molar-refractivity contribution in [1.29, 1.82) is 0 Å². The Bertz CT molecular complexity index is 1170. The zero-order valence-electron chi connectivity index (χ0n) is 16.2. The smallest absolute Gasteiger partial charge is 0.261 e. The summed E-state index contributed by atoms with van der Waals surface area (Å²) >= 11 is 6.14. The molecule has 9 heteroatoms. The lowest BCUT2D eigenvalue weighted by molar-refractivity contribution is 0.102. The van der Waals surface area contributed by atoms with E-state index in [0.29, 0.717) is 22.2 Å². The van der Waals surface area contributed by atoms with Crippen LogP contribution in [-0.4, -0.2) is 28.5 Å². The van der Waals surface area contributed by atoms with Crippen molar-refractivity contribution in [2.45, 2.75) is 4.90 Å². The summed E-state index contributed by atoms with van der Waals surface area (Å²) in [7, 11) is -0.843. The van der Waals surface area contributed by atoms with E-state index in [4.69, 9.17) is 21.1 Å². The van der Waals surface area contributed by atoms with E-state index in [-0.39, 0.29) is 16.1 Å². The van der Waals surface area contributed by atoms with Crippen LogP contribution in [-0.2, 0) is 10.0 Å². The van der Waals surface area contributed by atoms with Gasteiger partial charge in [0.15, 0.2) is 0 Å². The summed E-state index contributed by atoms with van der Waals surface area (Å²) in [5.74, 6) is 0.310. The van der Waals surface area contributed by atoms with Gasteiger partial charge in [-0.3, -0.25) is 9.52 Å². The van der Waals surface area contributed by atoms with Gasteiger partial charge < -0.3 is 14.8 Å². The minimum atomic E-state index is -3.77. The van der Waals surface area contributed by atoms with Crippen LogP contribution in [0.25, 0.3) is 0 Å². The number of carbonyl (C=O) groups excluding carboxylic acids is 1. The third-order valence-electron chi connectivity index (χ3n) is 4.15. The molecule has 0 saturated carbocycles. The van der Waals surface area contributed by atoms with Crippen molar-refractivity contribution < 1.29 is 22.7 Å². The summed E-state index contributed by atoms with van der Waals surface area (Å²) in [6.45, 7) is 0. The van der Waals surface area contributed by atoms with Gasteiger partial charge in [-0.2, -0.15) is 0 Å². The van der Waals surface area contributed by atoms with Crippen LogP contribution < -0.4 is 19.5 Å². The van der Waals surface area contributed by atoms with Crippen LogP contribution in [0.3, 0.4) is 0 Å². The first-order chi connectivity index (χ1) is 14.3. The molecule has 0 unspecified atom stereocenters. The number of anilines is 2. The summed E-state index contributed by atoms with van der Waals surface area (Å²) in [4.78, 5) is 12.8. The third kappa shape index (κ3) is 4.84. The van der Waals surface area contributed by atoms with E-state index in [1.54, 1.807) is 42.5 Å². The summed E-state index contributed by atoms with van der Waals surface area (Å²) in [6.07, 6.45) is 0. The van der Waals surface area contributed by atoms with Crippen LogP contribution in [0.2, 0.25) is 5.02 Å². The Kier molecular flexibility index (Phi) is 6.49. The highest BCUT2D eigenvalue weighted by molar-refractivity contribution is 7.92. The number of sulfonamides is 1. The van der Waals surface area contributed by atoms with Gasteiger partial charge in [0.25, 0.3) is 15.9 Å². The number of hydrogen-bond acceptors (Lipinski definition) is 5. The zero-order chi connectivity index (χ0) is 21.7. The van der Waals surface area contributed by atoms with Crippen LogP contribution in [0.5, 0.6) is 11.5 Å². The van der Waals surface area contributed by atoms with E-state index < -0.39 is 15.9 Å². The van der Waals surface area contributed by atoms with Gasteiger partial charge in [-0.05, 0) is 36.4 Å². The van der Waals surface area contributed by atoms with Crippen molar-refractivity contribution in [2.24, 2.45) is 0 Å². The van der Waals surface area contributed by atoms with Gasteiger partial charge in [0.2, 0.25) is 0 Å². The lowest BCUT2D eigenvalue weighted by Crippen LogP contribution is -2.15. The number of ether oxygens (including phenoxy) is 2. The average Bonchev–Trinajstić information content (AvgIpc) is 2.74. The van der Waals surface area contributed by atoms with Crippen LogP contribution >= 0.6 is 11.6 Å². The summed E-state index contributed by atoms with van der Waals surface area (Å²) < 4.78 is 37.9. The maximum atomic E-state index is 12.7. The molecular weight excluding hydrogens is 428 g/mol. The fraction of sp³-hybridized carbons (Fsp3) is 0.0952. The number of benzene rings is 3. The molecule has 3 aromatic carbocycles. The molecular formula is C21H19ClN2O5S. The SMILES string of the molecule is COc1cc(OC)c(NC(=O)c2cccc(NS(=O)(=O)c3ccccc3)c2)cc1Cl. The van der Waals surface area contributed by atoms with Gasteiger partial charge in [-0.15, -0.1) is 0 Å². The van der Waals surface area contributed by atoms with Crippen molar-refractivity contribution in [3.05, 3.63) is 77.3 Å². The molecule has 0 spiro atoms. The molecule has 0 aliphatic heterocycles. The highest BCUT2D eigenvalue weighted by Crippen LogP contribution is 2.36. The number of amides is 1. The van der Waals surface area contributed by atoms with Crippen molar-refractivity contribution in [3.8, 4) is 11.5 Å². The molecule has 1 amide bonds. The highest BCUT2D eigenvalue weighted by atomic mass is 35.5. The normalized spacial score (nSPS) is 10.9. The monoisotopic (exact) mass is 446 g/mol. The summed E-state index contributed by atoms with van der Waals surface area (Å²) in [5, 5.41) is 3.01. The summed E-state index contributed by atoms with van der Waals surface area (Å²) in [5.41, 5.74) is 0.854. The molecule has 0 atom stereocenters. The van der Waals surface area contributed by atoms with Crippen molar-refractivity contribution >= 4 is 38.9 Å². The first-order valence-electron chi connectivity index (χ1n) is 8.75. The van der Waals surface area contributed by atoms with Crippen molar-refractivity contribution in [2.75, 3.05) is 24.3 Å². The molecule has 0 saturated heterocycles. The molecule has 0 aliphatic carbocycles. The second-order valence-electron chi connectivity index (χ2n) is 6.14. The second-order valence-corrected chi connectivity index (χ2v) is 8.23. The fourth-order valence-corrected chi connectivity index (χ4v) is 4.00. The Morgan fingerprint density at radius 2 is 1.60 bits per heavy atom. The topological polar surface area (TPSA) is 93.7 Å². The minimum Gasteiger partial charge on any atom is -0.495 e. The molecule has 3 aromatic rings. The van der Waals surface area contributed by atoms with Crippen LogP contribution in [0.4, 0.5) is 11.4 Å². The third-order valence-corrected chi connectivity index (χ3v) is 5.85. The number of carbonyl (C=O) groups is 1. The molecule has 2 N–H and O–H groups in total. The van der Waals surface area contributed by atoms with E-state index in [2.05, 4.69) is 10.0 Å². The van der Waals surface area contributed by atoms with Gasteiger partial charge in [-0.1, -0.05) is 35.9 Å². The quantitative estimate of drug-likeness (QED) is 0.560. The largest absolute Gasteiger partial charge is 0.495 e. The number of rotatable bonds is 7. The van der Waals surface area contributed by atoms with E-state index >= 15 is 0 Å². The molecule has 156 valence electrons. The predicted octanol–water partition coefficient (Wildman–Crippen LogP) is 4.41. The predicted molar refractivity (Wildman–Crippen MR) is 116 cm³/mol. The highest BCUT2D eigenvalue weighted by Gasteiger charge is 2.16. The van der Waals surface area contributed by atoms with Crippen LogP contribution in [0.15, 0.2) is 71.6 Å². The Labute approximate surface area is 179 Å². The zero-order valence-corrected chi connectivity index (χ0v) is 17.8. The van der Waals surface area contributed by atoms with Gasteiger partial charge in [0, 0.05) is 17.3 Å². The average molecular weight is 447 g/mol. The molecule has 0 aromatic heterocycles. The van der Waals surface area contributed by atoms with Crippen LogP contribution in [0.1, 0.15) is 10.4 Å². The minimum absolute atomic E-state index is 0.123. The number of hydrogen-bond donors (Lipinski definition) is 2. The van der Waals surface area contributed by atoms with Crippen molar-refractivity contribution in [3.63, 3.8) is 0 Å². The molecule has 3 rings (SSSR count). The van der Waals surface area contributed by atoms with E-state index in [9.17, 15) is 13.2 Å². The second kappa shape index (κ2) is 9.06. The first-order valence-corrected chi connectivity index (χ1v) is 10.6. The Morgan fingerprint density at radius 3 is 2.27 bits per heavy atom. The molecule has 0 radical (unpaired) electrons. The van der Waals surface area contributed by atoms with Gasteiger partial charge in [0.05, 0.1) is 29.8 Å². The molecule has 0 heterocycles. The van der Waals surface area contributed by atoms with Gasteiger partial charge >= 0.3 is 0 Å². The molecule has 0 bridgehead atoms. The maximum absolute atomic E-state index is 12.7. The van der Waals surface area contributed by atoms with E-state index in [1.165, 1.54) is 38.5 Å². The van der Waals surface area contributed by atoms with Crippen LogP contribution in [0, 0.1) is 0 Å². The molecule has 0 aliphatic rings. The fourth-order valence-electron chi connectivity index (χ4n) is 2.69. The first kappa shape index (κ1) is 21.5. The van der Waals surface area contributed by atoms with Gasteiger partial charge in [-0.25, -0.2) is 8.42 Å². The lowest BCUT2D eigenvalue weighted by Gasteiger charge is -2.14. The maximum Gasteiger partial charge on any atom is 0.261 e. The van der Waals surface area contributed by atoms with Gasteiger partial charge in [0.1, 0.15) is 11.5 Å². The van der Waals surface area contributed by atoms with E-state index in [1.807, 2.05) is 0 Å². The number of halogens is 1. The number of methoxy groups -OCH3 is 2. The Hall–Kier alpha value is -3.23. The standard InChI is InChI=1S/C21H19ClN2O5S/c1-28-19-13-20(29-2)18(12-17(19)22)23-21(25)14-7-6-8-15(11-14)24-30(26,27)16-9-4-3-5-10-16/h3-13,24H,1-2H3,(H,23,25). The Morgan fingerprint density at radius 1 is 0.900 bits per heavy atom. The number of nitrogens with one attached hydrogen (secondary N) is 2. The summed E-state index contributed by atoms with van der Waals surface area (Å²) in [6, 6.07) is 17.2. The molecule has 0 fully saturated rings. The Balaban J connectivity index is 1.83. The molecule has 30 heavy (non-hydrogen) atoms. The molecule has 7 nitrogen and oxygen atoms in total.